The predicted octanol–water partition coefficient (Wildman–Crippen LogP) is 4.02. The third kappa shape index (κ3) is 2.85. The van der Waals surface area contributed by atoms with Crippen LogP contribution in [0.3, 0.4) is 0 Å². The fourth-order valence-electron chi connectivity index (χ4n) is 2.70. The summed E-state index contributed by atoms with van der Waals surface area (Å²) >= 11 is 1.55. The van der Waals surface area contributed by atoms with E-state index in [1.54, 1.807) is 17.4 Å². The molecule has 0 aliphatic heterocycles. The molecular weight excluding hydrogens is 337 g/mol. The number of hydrogen-bond acceptors (Lipinski definition) is 4. The van der Waals surface area contributed by atoms with Gasteiger partial charge >= 0.3 is 0 Å². The maximum atomic E-state index is 13.8. The van der Waals surface area contributed by atoms with E-state index in [0.717, 1.165) is 21.1 Å². The van der Waals surface area contributed by atoms with Crippen molar-refractivity contribution in [3.05, 3.63) is 81.6 Å². The molecule has 4 nitrogen and oxygen atoms in total. The van der Waals surface area contributed by atoms with E-state index in [0.29, 0.717) is 6.54 Å². The SMILES string of the molecule is Cc1nc(-c2ccccc2)sc1Cn1cnc2c(F)cccc2c1=O. The Balaban J connectivity index is 1.74. The highest BCUT2D eigenvalue weighted by molar-refractivity contribution is 7.15. The number of nitrogens with zero attached hydrogens (tertiary/aromatic N) is 3. The Bertz CT molecular complexity index is 1120. The Morgan fingerprint density at radius 1 is 1.12 bits per heavy atom. The van der Waals surface area contributed by atoms with Gasteiger partial charge in [0.1, 0.15) is 16.3 Å². The summed E-state index contributed by atoms with van der Waals surface area (Å²) in [5, 5.41) is 1.20. The van der Waals surface area contributed by atoms with Crippen LogP contribution in [0.4, 0.5) is 4.39 Å². The Kier molecular flexibility index (Phi) is 3.89. The molecule has 0 saturated heterocycles. The number of benzene rings is 2. The molecule has 4 rings (SSSR count). The lowest BCUT2D eigenvalue weighted by Gasteiger charge is -2.06. The molecule has 0 spiro atoms. The van der Waals surface area contributed by atoms with Crippen LogP contribution in [0.2, 0.25) is 0 Å². The standard InChI is InChI=1S/C19H14FN3OS/c1-12-16(25-18(22-12)13-6-3-2-4-7-13)10-23-11-21-17-14(19(23)24)8-5-9-15(17)20/h2-9,11H,10H2,1H3. The zero-order chi connectivity index (χ0) is 17.4. The van der Waals surface area contributed by atoms with Gasteiger partial charge in [-0.1, -0.05) is 36.4 Å². The smallest absolute Gasteiger partial charge is 0.261 e. The van der Waals surface area contributed by atoms with Crippen molar-refractivity contribution in [1.82, 2.24) is 14.5 Å². The minimum Gasteiger partial charge on any atom is -0.293 e. The van der Waals surface area contributed by atoms with Crippen molar-refractivity contribution < 1.29 is 4.39 Å². The average molecular weight is 351 g/mol. The maximum Gasteiger partial charge on any atom is 0.261 e. The van der Waals surface area contributed by atoms with Crippen LogP contribution in [0.5, 0.6) is 0 Å². The number of aryl methyl sites for hydroxylation is 1. The first kappa shape index (κ1) is 15.7. The molecule has 0 aliphatic carbocycles. The summed E-state index contributed by atoms with van der Waals surface area (Å²) in [6, 6.07) is 14.3. The van der Waals surface area contributed by atoms with E-state index in [9.17, 15) is 9.18 Å². The van der Waals surface area contributed by atoms with Crippen molar-refractivity contribution in [1.29, 1.82) is 0 Å². The summed E-state index contributed by atoms with van der Waals surface area (Å²) < 4.78 is 15.3. The van der Waals surface area contributed by atoms with E-state index in [2.05, 4.69) is 9.97 Å². The summed E-state index contributed by atoms with van der Waals surface area (Å²) in [6.45, 7) is 2.30. The average Bonchev–Trinajstić information content (AvgIpc) is 2.99. The maximum absolute atomic E-state index is 13.8. The molecular formula is C19H14FN3OS. The van der Waals surface area contributed by atoms with Crippen LogP contribution >= 0.6 is 11.3 Å². The molecule has 0 N–H and O–H groups in total. The van der Waals surface area contributed by atoms with Crippen molar-refractivity contribution in [3.8, 4) is 10.6 Å². The topological polar surface area (TPSA) is 47.8 Å². The molecule has 6 heteroatoms. The lowest BCUT2D eigenvalue weighted by atomic mass is 10.2. The first-order chi connectivity index (χ1) is 12.1. The zero-order valence-corrected chi connectivity index (χ0v) is 14.3. The van der Waals surface area contributed by atoms with Crippen molar-refractivity contribution in [2.24, 2.45) is 0 Å². The summed E-state index contributed by atoms with van der Waals surface area (Å²) in [5.41, 5.74) is 1.79. The summed E-state index contributed by atoms with van der Waals surface area (Å²) in [5.74, 6) is -0.484. The van der Waals surface area contributed by atoms with Crippen LogP contribution < -0.4 is 5.56 Å². The van der Waals surface area contributed by atoms with Gasteiger partial charge in [-0.3, -0.25) is 9.36 Å². The van der Waals surface area contributed by atoms with E-state index in [1.165, 1.54) is 23.0 Å². The van der Waals surface area contributed by atoms with Crippen molar-refractivity contribution >= 4 is 22.2 Å². The monoisotopic (exact) mass is 351 g/mol. The third-order valence-electron chi connectivity index (χ3n) is 4.03. The van der Waals surface area contributed by atoms with Gasteiger partial charge in [0.05, 0.1) is 24.0 Å². The molecule has 0 saturated carbocycles. The third-order valence-corrected chi connectivity index (χ3v) is 5.22. The van der Waals surface area contributed by atoms with Gasteiger partial charge in [0.25, 0.3) is 5.56 Å². The molecule has 0 bridgehead atoms. The number of fused-ring (bicyclic) bond motifs is 1. The molecule has 0 unspecified atom stereocenters. The van der Waals surface area contributed by atoms with Gasteiger partial charge in [-0.25, -0.2) is 14.4 Å². The summed E-state index contributed by atoms with van der Waals surface area (Å²) in [7, 11) is 0. The van der Waals surface area contributed by atoms with E-state index >= 15 is 0 Å². The molecule has 0 amide bonds. The van der Waals surface area contributed by atoms with Crippen LogP contribution in [0.1, 0.15) is 10.6 Å². The van der Waals surface area contributed by atoms with Gasteiger partial charge in [-0.15, -0.1) is 11.3 Å². The molecule has 25 heavy (non-hydrogen) atoms. The molecule has 2 aromatic heterocycles. The van der Waals surface area contributed by atoms with Crippen LogP contribution in [-0.2, 0) is 6.54 Å². The van der Waals surface area contributed by atoms with Crippen molar-refractivity contribution in [3.63, 3.8) is 0 Å². The molecule has 0 fully saturated rings. The number of rotatable bonds is 3. The fraction of sp³-hybridized carbons (Fsp3) is 0.105. The molecule has 0 atom stereocenters. The number of hydrogen-bond donors (Lipinski definition) is 0. The second kappa shape index (κ2) is 6.22. The Labute approximate surface area is 147 Å². The number of para-hydroxylation sites is 1. The van der Waals surface area contributed by atoms with E-state index in [4.69, 9.17) is 0 Å². The molecule has 2 aromatic carbocycles. The predicted molar refractivity (Wildman–Crippen MR) is 97.4 cm³/mol. The minimum atomic E-state index is -0.484. The van der Waals surface area contributed by atoms with Crippen LogP contribution in [0.25, 0.3) is 21.5 Å². The number of halogens is 1. The molecule has 0 radical (unpaired) electrons. The highest BCUT2D eigenvalue weighted by atomic mass is 32.1. The van der Waals surface area contributed by atoms with Gasteiger partial charge in [-0.05, 0) is 19.1 Å². The normalized spacial score (nSPS) is 11.1. The minimum absolute atomic E-state index is 0.106. The van der Waals surface area contributed by atoms with Gasteiger partial charge in [0, 0.05) is 10.4 Å². The number of aromatic nitrogens is 3. The number of thiazole rings is 1. The molecule has 0 aliphatic rings. The van der Waals surface area contributed by atoms with E-state index in [1.807, 2.05) is 37.3 Å². The van der Waals surface area contributed by atoms with E-state index < -0.39 is 5.82 Å². The first-order valence-corrected chi connectivity index (χ1v) is 8.60. The van der Waals surface area contributed by atoms with Gasteiger partial charge in [0.2, 0.25) is 0 Å². The largest absolute Gasteiger partial charge is 0.293 e. The fourth-order valence-corrected chi connectivity index (χ4v) is 3.77. The van der Waals surface area contributed by atoms with Crippen LogP contribution in [0.15, 0.2) is 59.7 Å². The zero-order valence-electron chi connectivity index (χ0n) is 13.4. The second-order valence-electron chi connectivity index (χ2n) is 5.71. The quantitative estimate of drug-likeness (QED) is 0.560. The molecule has 2 heterocycles. The highest BCUT2D eigenvalue weighted by Gasteiger charge is 2.13. The Morgan fingerprint density at radius 3 is 2.72 bits per heavy atom. The first-order valence-electron chi connectivity index (χ1n) is 7.79. The summed E-state index contributed by atoms with van der Waals surface area (Å²) in [6.07, 6.45) is 1.40. The van der Waals surface area contributed by atoms with Gasteiger partial charge in [0.15, 0.2) is 0 Å². The van der Waals surface area contributed by atoms with Gasteiger partial charge < -0.3 is 0 Å². The molecule has 124 valence electrons. The highest BCUT2D eigenvalue weighted by Crippen LogP contribution is 2.28. The van der Waals surface area contributed by atoms with Crippen LogP contribution in [-0.4, -0.2) is 14.5 Å². The second-order valence-corrected chi connectivity index (χ2v) is 6.79. The lowest BCUT2D eigenvalue weighted by molar-refractivity contribution is 0.634. The van der Waals surface area contributed by atoms with E-state index in [-0.39, 0.29) is 16.5 Å². The molecule has 4 aromatic rings. The van der Waals surface area contributed by atoms with Crippen LogP contribution in [0, 0.1) is 12.7 Å². The summed E-state index contributed by atoms with van der Waals surface area (Å²) in [4.78, 5) is 22.3. The van der Waals surface area contributed by atoms with Crippen molar-refractivity contribution in [2.45, 2.75) is 13.5 Å². The van der Waals surface area contributed by atoms with Gasteiger partial charge in [-0.2, -0.15) is 0 Å². The Morgan fingerprint density at radius 2 is 1.92 bits per heavy atom. The van der Waals surface area contributed by atoms with Crippen molar-refractivity contribution in [2.75, 3.05) is 0 Å². The lowest BCUT2D eigenvalue weighted by Crippen LogP contribution is -2.21. The Hall–Kier alpha value is -2.86.